The van der Waals surface area contributed by atoms with Crippen LogP contribution in [-0.2, 0) is 25.6 Å². The van der Waals surface area contributed by atoms with Crippen LogP contribution in [0.5, 0.6) is 0 Å². The first-order valence-corrected chi connectivity index (χ1v) is 11.6. The van der Waals surface area contributed by atoms with Gasteiger partial charge in [0.25, 0.3) is 0 Å². The molecule has 2 aromatic rings. The zero-order valence-electron chi connectivity index (χ0n) is 18.3. The summed E-state index contributed by atoms with van der Waals surface area (Å²) in [6.07, 6.45) is -3.09. The quantitative estimate of drug-likeness (QED) is 0.556. The van der Waals surface area contributed by atoms with Gasteiger partial charge in [-0.15, -0.1) is 13.2 Å². The van der Waals surface area contributed by atoms with Crippen LogP contribution in [0.2, 0.25) is 5.02 Å². The summed E-state index contributed by atoms with van der Waals surface area (Å²) in [5.74, 6) is 0.156. The van der Waals surface area contributed by atoms with Crippen molar-refractivity contribution in [2.24, 2.45) is 5.92 Å². The highest BCUT2D eigenvalue weighted by atomic mass is 35.5. The Labute approximate surface area is 199 Å². The molecule has 1 aromatic heterocycles. The van der Waals surface area contributed by atoms with E-state index in [9.17, 15) is 22.8 Å². The average molecular weight is 503 g/mol. The number of hydrogen-bond acceptors (Lipinski definition) is 5. The molecule has 4 rings (SSSR count). The van der Waals surface area contributed by atoms with Crippen molar-refractivity contribution in [3.05, 3.63) is 35.0 Å². The maximum absolute atomic E-state index is 12.5. The van der Waals surface area contributed by atoms with E-state index < -0.39 is 18.6 Å². The van der Waals surface area contributed by atoms with Crippen molar-refractivity contribution in [3.63, 3.8) is 0 Å². The van der Waals surface area contributed by atoms with E-state index in [4.69, 9.17) is 20.8 Å². The fourth-order valence-corrected chi connectivity index (χ4v) is 4.56. The molecule has 2 amide bonds. The van der Waals surface area contributed by atoms with Crippen molar-refractivity contribution in [3.8, 4) is 0 Å². The number of ether oxygens (including phenoxy) is 2. The van der Waals surface area contributed by atoms with Gasteiger partial charge in [-0.1, -0.05) is 11.6 Å². The number of nitrogens with one attached hydrogen (secondary N) is 2. The Morgan fingerprint density at radius 3 is 2.53 bits per heavy atom. The molecule has 0 bridgehead atoms. The summed E-state index contributed by atoms with van der Waals surface area (Å²) in [6.45, 7) is 0.0850. The fourth-order valence-electron chi connectivity index (χ4n) is 4.38. The second-order valence-corrected chi connectivity index (χ2v) is 9.26. The van der Waals surface area contributed by atoms with Gasteiger partial charge in [0.15, 0.2) is 0 Å². The first kappa shape index (κ1) is 24.8. The third-order valence-electron chi connectivity index (χ3n) is 6.23. The van der Waals surface area contributed by atoms with Crippen LogP contribution in [0.1, 0.15) is 44.3 Å². The van der Waals surface area contributed by atoms with Crippen molar-refractivity contribution in [1.82, 2.24) is 10.6 Å². The van der Waals surface area contributed by atoms with Gasteiger partial charge in [-0.05, 0) is 49.9 Å². The van der Waals surface area contributed by atoms with Crippen LogP contribution < -0.4 is 10.6 Å². The molecule has 0 saturated heterocycles. The minimum atomic E-state index is -4.65. The van der Waals surface area contributed by atoms with Gasteiger partial charge < -0.3 is 19.8 Å². The molecular weight excluding hydrogens is 477 g/mol. The van der Waals surface area contributed by atoms with Gasteiger partial charge in [0.05, 0.1) is 18.8 Å². The van der Waals surface area contributed by atoms with E-state index in [2.05, 4.69) is 15.4 Å². The van der Waals surface area contributed by atoms with Crippen LogP contribution in [0.3, 0.4) is 0 Å². The summed E-state index contributed by atoms with van der Waals surface area (Å²) >= 11 is 5.98. The number of benzene rings is 1. The molecular formula is C23H26ClF3N2O5. The molecule has 0 unspecified atom stereocenters. The van der Waals surface area contributed by atoms with Gasteiger partial charge in [0.1, 0.15) is 18.0 Å². The molecule has 2 aliphatic rings. The smallest absolute Gasteiger partial charge is 0.459 e. The maximum atomic E-state index is 12.5. The maximum Gasteiger partial charge on any atom is 0.522 e. The van der Waals surface area contributed by atoms with E-state index in [1.807, 2.05) is 6.07 Å². The Bertz CT molecular complexity index is 1010. The van der Waals surface area contributed by atoms with E-state index >= 15 is 0 Å². The zero-order chi connectivity index (χ0) is 24.3. The number of furan rings is 1. The number of carbonyl (C=O) groups is 2. The van der Waals surface area contributed by atoms with E-state index in [1.54, 1.807) is 18.2 Å². The molecule has 2 saturated carbocycles. The first-order chi connectivity index (χ1) is 16.1. The number of rotatable bonds is 8. The molecule has 11 heteroatoms. The average Bonchev–Trinajstić information content (AvgIpc) is 3.15. The summed E-state index contributed by atoms with van der Waals surface area (Å²) in [4.78, 5) is 24.6. The lowest BCUT2D eigenvalue weighted by Crippen LogP contribution is -2.44. The van der Waals surface area contributed by atoms with Crippen molar-refractivity contribution in [1.29, 1.82) is 0 Å². The predicted octanol–water partition coefficient (Wildman–Crippen LogP) is 4.46. The van der Waals surface area contributed by atoms with Crippen LogP contribution in [0.15, 0.2) is 28.7 Å². The molecule has 0 aliphatic heterocycles. The first-order valence-electron chi connectivity index (χ1n) is 11.3. The standard InChI is InChI=1S/C23H26ClF3N2O5/c24-15-3-6-20-14(7-15)8-19(33-20)11-28-22(31)13-1-4-16(5-2-13)29-21(30)12-32-17-9-18(10-17)34-23(25,26)27/h3,6-8,13,16-18H,1-2,4-5,9-12H2,(H,28,31)(H,29,30). The summed E-state index contributed by atoms with van der Waals surface area (Å²) in [6, 6.07) is 7.13. The van der Waals surface area contributed by atoms with Crippen LogP contribution in [0.4, 0.5) is 13.2 Å². The lowest BCUT2D eigenvalue weighted by atomic mass is 9.85. The van der Waals surface area contributed by atoms with Crippen LogP contribution >= 0.6 is 11.6 Å². The van der Waals surface area contributed by atoms with Gasteiger partial charge >= 0.3 is 6.36 Å². The number of fused-ring (bicyclic) bond motifs is 1. The fraction of sp³-hybridized carbons (Fsp3) is 0.565. The third kappa shape index (κ3) is 6.86. The van der Waals surface area contributed by atoms with Gasteiger partial charge in [-0.25, -0.2) is 0 Å². The zero-order valence-corrected chi connectivity index (χ0v) is 19.1. The van der Waals surface area contributed by atoms with Gasteiger partial charge in [0, 0.05) is 35.2 Å². The summed E-state index contributed by atoms with van der Waals surface area (Å²) < 4.78 is 51.3. The summed E-state index contributed by atoms with van der Waals surface area (Å²) in [7, 11) is 0. The topological polar surface area (TPSA) is 89.8 Å². The number of hydrogen-bond donors (Lipinski definition) is 2. The van der Waals surface area contributed by atoms with E-state index in [0.717, 1.165) is 5.39 Å². The van der Waals surface area contributed by atoms with Crippen LogP contribution in [0.25, 0.3) is 11.0 Å². The normalized spacial score (nSPS) is 25.1. The van der Waals surface area contributed by atoms with E-state index in [-0.39, 0.29) is 49.8 Å². The Morgan fingerprint density at radius 1 is 1.09 bits per heavy atom. The second-order valence-electron chi connectivity index (χ2n) is 8.82. The molecule has 0 spiro atoms. The molecule has 186 valence electrons. The van der Waals surface area contributed by atoms with Crippen molar-refractivity contribution < 1.29 is 36.7 Å². The summed E-state index contributed by atoms with van der Waals surface area (Å²) in [5, 5.41) is 7.28. The number of carbonyl (C=O) groups excluding carboxylic acids is 2. The molecule has 0 atom stereocenters. The van der Waals surface area contributed by atoms with Gasteiger partial charge in [-0.3, -0.25) is 14.3 Å². The second kappa shape index (κ2) is 10.5. The molecule has 2 aliphatic carbocycles. The van der Waals surface area contributed by atoms with Crippen LogP contribution in [-0.4, -0.2) is 43.0 Å². The number of halogens is 4. The number of amides is 2. The van der Waals surface area contributed by atoms with E-state index in [1.165, 1.54) is 0 Å². The molecule has 2 fully saturated rings. The van der Waals surface area contributed by atoms with Crippen molar-refractivity contribution >= 4 is 34.4 Å². The Hall–Kier alpha value is -2.30. The Kier molecular flexibility index (Phi) is 7.69. The molecule has 2 N–H and O–H groups in total. The van der Waals surface area contributed by atoms with Crippen LogP contribution in [0, 0.1) is 5.92 Å². The minimum Gasteiger partial charge on any atom is -0.459 e. The lowest BCUT2D eigenvalue weighted by Gasteiger charge is -2.35. The van der Waals surface area contributed by atoms with Gasteiger partial charge in [-0.2, -0.15) is 0 Å². The SMILES string of the molecule is O=C(COC1CC(OC(F)(F)F)C1)NC1CCC(C(=O)NCc2cc3cc(Cl)ccc3o2)CC1. The molecule has 1 heterocycles. The molecule has 1 aromatic carbocycles. The largest absolute Gasteiger partial charge is 0.522 e. The highest BCUT2D eigenvalue weighted by Crippen LogP contribution is 2.32. The van der Waals surface area contributed by atoms with Crippen molar-refractivity contribution in [2.45, 2.75) is 69.7 Å². The molecule has 34 heavy (non-hydrogen) atoms. The summed E-state index contributed by atoms with van der Waals surface area (Å²) in [5.41, 5.74) is 0.709. The monoisotopic (exact) mass is 502 g/mol. The van der Waals surface area contributed by atoms with Gasteiger partial charge in [0.2, 0.25) is 11.8 Å². The van der Waals surface area contributed by atoms with E-state index in [0.29, 0.717) is 42.0 Å². The third-order valence-corrected chi connectivity index (χ3v) is 6.47. The highest BCUT2D eigenvalue weighted by Gasteiger charge is 2.40. The predicted molar refractivity (Wildman–Crippen MR) is 117 cm³/mol. The molecule has 7 nitrogen and oxygen atoms in total. The minimum absolute atomic E-state index is 0.0489. The number of alkyl halides is 3. The highest BCUT2D eigenvalue weighted by molar-refractivity contribution is 6.31. The molecule has 0 radical (unpaired) electrons. The lowest BCUT2D eigenvalue weighted by molar-refractivity contribution is -0.357. The van der Waals surface area contributed by atoms with Crippen molar-refractivity contribution in [2.75, 3.05) is 6.61 Å². The Balaban J connectivity index is 1.11. The Morgan fingerprint density at radius 2 is 1.82 bits per heavy atom.